The van der Waals surface area contributed by atoms with Gasteiger partial charge in [0.05, 0.1) is 18.5 Å². The molecule has 4 aliphatic rings. The lowest BCUT2D eigenvalue weighted by atomic mass is 9.88. The van der Waals surface area contributed by atoms with Gasteiger partial charge in [0.25, 0.3) is 5.91 Å². The van der Waals surface area contributed by atoms with Gasteiger partial charge in [0, 0.05) is 13.1 Å². The molecule has 218 valence electrons. The number of hydrazone groups is 1. The van der Waals surface area contributed by atoms with Crippen LogP contribution in [0.5, 0.6) is 0 Å². The first-order valence-corrected chi connectivity index (χ1v) is 13.2. The molecule has 11 N–H and O–H groups in total. The number of nitrogens with two attached hydrogens (primary N) is 3. The van der Waals surface area contributed by atoms with Crippen LogP contribution in [0.1, 0.15) is 31.0 Å². The van der Waals surface area contributed by atoms with E-state index in [2.05, 4.69) is 57.5 Å². The summed E-state index contributed by atoms with van der Waals surface area (Å²) in [6.45, 7) is 1.42. The van der Waals surface area contributed by atoms with Crippen LogP contribution in [0.15, 0.2) is 72.1 Å². The number of hydrazine groups is 1. The quantitative estimate of drug-likeness (QED) is 0.0824. The topological polar surface area (TPSA) is 253 Å². The van der Waals surface area contributed by atoms with Crippen molar-refractivity contribution in [3.63, 3.8) is 0 Å². The third-order valence-electron chi connectivity index (χ3n) is 7.21. The molecule has 41 heavy (non-hydrogen) atoms. The Morgan fingerprint density at radius 2 is 1.85 bits per heavy atom. The van der Waals surface area contributed by atoms with Crippen molar-refractivity contribution in [3.05, 3.63) is 46.9 Å². The third kappa shape index (κ3) is 6.07. The van der Waals surface area contributed by atoms with Gasteiger partial charge in [-0.3, -0.25) is 20.0 Å². The van der Waals surface area contributed by atoms with E-state index in [1.807, 2.05) is 30.3 Å². The smallest absolute Gasteiger partial charge is 0.275 e. The molecule has 2 saturated heterocycles. The van der Waals surface area contributed by atoms with Crippen molar-refractivity contribution in [1.29, 1.82) is 0 Å². The molecule has 4 aliphatic heterocycles. The SMILES string of the molecule is NN=NC1=C(Cl)NC(C(=O)/N=C2/NC3(CCN(C(=O)CC4=NNC(c5ccccc5)N4)CC3)CN2N)C(N=NN)N1. The van der Waals surface area contributed by atoms with Gasteiger partial charge in [-0.25, -0.2) is 5.84 Å². The second kappa shape index (κ2) is 11.8. The number of nitrogens with one attached hydrogen (secondary N) is 5. The number of hydrogen-bond acceptors (Lipinski definition) is 12. The number of nitrogens with zero attached hydrogens (tertiary/aromatic N) is 8. The van der Waals surface area contributed by atoms with Crippen LogP contribution in [0.25, 0.3) is 0 Å². The summed E-state index contributed by atoms with van der Waals surface area (Å²) in [5.41, 5.74) is 3.61. The molecule has 3 atom stereocenters. The molecule has 1 aromatic carbocycles. The van der Waals surface area contributed by atoms with Gasteiger partial charge >= 0.3 is 0 Å². The van der Waals surface area contributed by atoms with Crippen molar-refractivity contribution in [1.82, 2.24) is 36.6 Å². The van der Waals surface area contributed by atoms with Crippen molar-refractivity contribution < 1.29 is 9.59 Å². The molecule has 1 aromatic rings. The molecule has 3 unspecified atom stereocenters. The number of benzene rings is 1. The van der Waals surface area contributed by atoms with Gasteiger partial charge in [-0.1, -0.05) is 52.4 Å². The number of carbonyl (C=O) groups is 2. The zero-order chi connectivity index (χ0) is 29.0. The highest BCUT2D eigenvalue weighted by molar-refractivity contribution is 6.29. The Hall–Kier alpha value is -4.71. The molecule has 0 saturated carbocycles. The van der Waals surface area contributed by atoms with Crippen LogP contribution in [0.3, 0.4) is 0 Å². The van der Waals surface area contributed by atoms with Crippen molar-refractivity contribution in [3.8, 4) is 0 Å². The summed E-state index contributed by atoms with van der Waals surface area (Å²) < 4.78 is 0. The van der Waals surface area contributed by atoms with Gasteiger partial charge in [-0.2, -0.15) is 10.1 Å². The first kappa shape index (κ1) is 27.8. The molecule has 0 bridgehead atoms. The molecule has 19 heteroatoms. The number of aliphatic imine (C=N–C) groups is 1. The minimum atomic E-state index is -1.06. The maximum atomic E-state index is 13.1. The van der Waals surface area contributed by atoms with E-state index in [1.165, 1.54) is 5.01 Å². The Kier molecular flexibility index (Phi) is 8.02. The molecule has 1 spiro atoms. The Morgan fingerprint density at radius 3 is 2.56 bits per heavy atom. The second-order valence-corrected chi connectivity index (χ2v) is 10.2. The fourth-order valence-electron chi connectivity index (χ4n) is 5.07. The number of piperidine rings is 1. The van der Waals surface area contributed by atoms with Gasteiger partial charge in [0.15, 0.2) is 18.0 Å². The van der Waals surface area contributed by atoms with E-state index in [1.54, 1.807) is 4.90 Å². The van der Waals surface area contributed by atoms with Crippen LogP contribution >= 0.6 is 11.6 Å². The van der Waals surface area contributed by atoms with Crippen molar-refractivity contribution in [2.45, 2.75) is 43.2 Å². The number of amidine groups is 1. The van der Waals surface area contributed by atoms with Crippen LogP contribution < -0.4 is 44.2 Å². The highest BCUT2D eigenvalue weighted by atomic mass is 35.5. The maximum absolute atomic E-state index is 13.1. The molecule has 5 rings (SSSR count). The third-order valence-corrected chi connectivity index (χ3v) is 7.50. The van der Waals surface area contributed by atoms with Crippen LogP contribution in [0.4, 0.5) is 0 Å². The zero-order valence-electron chi connectivity index (χ0n) is 21.9. The predicted octanol–water partition coefficient (Wildman–Crippen LogP) is -1.49. The minimum absolute atomic E-state index is 0.0103. The summed E-state index contributed by atoms with van der Waals surface area (Å²) in [5, 5.41) is 31.6. The average molecular weight is 587 g/mol. The zero-order valence-corrected chi connectivity index (χ0v) is 22.6. The largest absolute Gasteiger partial charge is 0.358 e. The summed E-state index contributed by atoms with van der Waals surface area (Å²) in [7, 11) is 0. The Labute approximate surface area is 239 Å². The molecule has 18 nitrogen and oxygen atoms in total. The average Bonchev–Trinajstić information content (AvgIpc) is 3.55. The monoisotopic (exact) mass is 586 g/mol. The second-order valence-electron chi connectivity index (χ2n) is 9.86. The Balaban J connectivity index is 1.16. The summed E-state index contributed by atoms with van der Waals surface area (Å²) in [4.78, 5) is 32.1. The molecule has 0 aliphatic carbocycles. The normalized spacial score (nSPS) is 26.5. The summed E-state index contributed by atoms with van der Waals surface area (Å²) >= 11 is 6.15. The lowest BCUT2D eigenvalue weighted by Gasteiger charge is -2.38. The number of carbonyl (C=O) groups excluding carboxylic acids is 2. The van der Waals surface area contributed by atoms with Crippen LogP contribution in [-0.2, 0) is 9.59 Å². The summed E-state index contributed by atoms with van der Waals surface area (Å²) in [6.07, 6.45) is 0.240. The predicted molar refractivity (Wildman–Crippen MR) is 147 cm³/mol. The van der Waals surface area contributed by atoms with Gasteiger partial charge in [0.1, 0.15) is 17.2 Å². The van der Waals surface area contributed by atoms with Gasteiger partial charge in [0.2, 0.25) is 11.9 Å². The fourth-order valence-corrected chi connectivity index (χ4v) is 5.28. The van der Waals surface area contributed by atoms with Crippen LogP contribution in [0, 0.1) is 0 Å². The van der Waals surface area contributed by atoms with E-state index in [0.717, 1.165) is 5.56 Å². The van der Waals surface area contributed by atoms with Crippen molar-refractivity contribution in [2.75, 3.05) is 19.6 Å². The number of likely N-dealkylation sites (tertiary alicyclic amines) is 1. The van der Waals surface area contributed by atoms with Crippen molar-refractivity contribution >= 4 is 35.2 Å². The lowest BCUT2D eigenvalue weighted by Crippen LogP contribution is -2.55. The number of hydrogen-bond donors (Lipinski definition) is 8. The van der Waals surface area contributed by atoms with E-state index in [-0.39, 0.29) is 35.4 Å². The van der Waals surface area contributed by atoms with E-state index >= 15 is 0 Å². The molecular weight excluding hydrogens is 556 g/mol. The molecule has 4 heterocycles. The first-order valence-electron chi connectivity index (χ1n) is 12.8. The first-order chi connectivity index (χ1) is 19.8. The highest BCUT2D eigenvalue weighted by Crippen LogP contribution is 2.28. The number of guanidine groups is 1. The van der Waals surface area contributed by atoms with Gasteiger partial charge < -0.3 is 37.9 Å². The van der Waals surface area contributed by atoms with E-state index in [4.69, 9.17) is 29.1 Å². The Bertz CT molecular complexity index is 1310. The van der Waals surface area contributed by atoms with Gasteiger partial charge in [-0.15, -0.1) is 10.2 Å². The van der Waals surface area contributed by atoms with Crippen LogP contribution in [0.2, 0.25) is 0 Å². The summed E-state index contributed by atoms with van der Waals surface area (Å²) in [5.74, 6) is 16.7. The number of rotatable bonds is 6. The number of halogens is 1. The van der Waals surface area contributed by atoms with Crippen LogP contribution in [-0.4, -0.2) is 70.9 Å². The van der Waals surface area contributed by atoms with E-state index in [9.17, 15) is 9.59 Å². The Morgan fingerprint density at radius 1 is 1.10 bits per heavy atom. The van der Waals surface area contributed by atoms with Gasteiger partial charge in [-0.05, 0) is 18.4 Å². The maximum Gasteiger partial charge on any atom is 0.275 e. The molecular formula is C22H31ClN16O2. The van der Waals surface area contributed by atoms with E-state index < -0.39 is 23.7 Å². The standard InChI is InChI=1S/C22H31ClN16O2/c23-16-19(35-37-25)29-18(34-36-24)15(28-16)20(41)30-21-31-22(11-39(21)26)6-8-38(9-7-22)14(40)10-13-27-17(33-32-13)12-4-2-1-3-5-12/h1-5,15,17-18,28-29,33H,6-11,26H2,(H2,24,34)(H2,25,35)(H,27,32)(H,30,31,41). The summed E-state index contributed by atoms with van der Waals surface area (Å²) in [6, 6.07) is 8.75. The fraction of sp³-hybridized carbons (Fsp3) is 0.455. The molecule has 2 amide bonds. The molecule has 0 aromatic heterocycles. The lowest BCUT2D eigenvalue weighted by molar-refractivity contribution is -0.131. The van der Waals surface area contributed by atoms with Crippen molar-refractivity contribution in [2.24, 2.45) is 48.3 Å². The molecule has 0 radical (unpaired) electrons. The highest BCUT2D eigenvalue weighted by Gasteiger charge is 2.44. The minimum Gasteiger partial charge on any atom is -0.358 e. The van der Waals surface area contributed by atoms with E-state index in [0.29, 0.717) is 38.3 Å². The molecule has 2 fully saturated rings. The number of amides is 2.